The summed E-state index contributed by atoms with van der Waals surface area (Å²) in [6.07, 6.45) is 0. The quantitative estimate of drug-likeness (QED) is 0.0944. The maximum absolute atomic E-state index is 2.56. The largest absolute Gasteiger partial charge is 0.309 e. The van der Waals surface area contributed by atoms with Gasteiger partial charge in [0.25, 0.3) is 0 Å². The second-order valence-corrected chi connectivity index (χ2v) is 33.2. The van der Waals surface area contributed by atoms with Crippen molar-refractivity contribution >= 4 is 98.8 Å². The van der Waals surface area contributed by atoms with Crippen molar-refractivity contribution in [1.82, 2.24) is 0 Å². The Labute approximate surface area is 722 Å². The Morgan fingerprint density at radius 1 is 0.145 bits per heavy atom. The standard InChI is InChI=1S/C122H80N2/c1-5-31-81(32-6-1)84-61-69-95(70-62-84)123(119-110-53-21-17-46-102(110)100-44-15-19-51-108(100)117(119)90-60-59-83-35-13-14-36-85(83)78-90)96-71-65-94(66-72-96)122(92-41-11-4-12-42-92)115-58-28-25-50-106(115)112-80-88(64-76-116(112)122)87-63-75-99-89(77-87)38-30-55-107(99)118-109-52-20-16-45-101(109)103-47-18-22-54-111(103)120(118)124(98-43-29-37-86(79-98)82-33-7-2-8-34-82)97-73-67-93(68-74-97)121(91-39-9-3-10-40-91)113-56-26-23-48-104(113)105-49-24-27-57-114(105)121/h1-80H. The molecule has 22 aromatic carbocycles. The second kappa shape index (κ2) is 29.5. The number of anilines is 6. The van der Waals surface area contributed by atoms with Crippen molar-refractivity contribution in [2.24, 2.45) is 0 Å². The van der Waals surface area contributed by atoms with Gasteiger partial charge in [0.2, 0.25) is 0 Å². The highest BCUT2D eigenvalue weighted by Crippen LogP contribution is 2.61. The molecule has 0 saturated heterocycles. The van der Waals surface area contributed by atoms with Gasteiger partial charge >= 0.3 is 0 Å². The topological polar surface area (TPSA) is 6.48 Å². The van der Waals surface area contributed by atoms with Crippen LogP contribution in [0.5, 0.6) is 0 Å². The van der Waals surface area contributed by atoms with Crippen LogP contribution in [-0.2, 0) is 10.8 Å². The van der Waals surface area contributed by atoms with Gasteiger partial charge in [0.05, 0.1) is 22.2 Å². The minimum absolute atomic E-state index is 0.566. The second-order valence-electron chi connectivity index (χ2n) is 33.2. The molecule has 2 aliphatic rings. The van der Waals surface area contributed by atoms with Crippen LogP contribution in [0.25, 0.3) is 143 Å². The van der Waals surface area contributed by atoms with Gasteiger partial charge in [-0.3, -0.25) is 0 Å². The molecular weight excluding hydrogens is 1490 g/mol. The van der Waals surface area contributed by atoms with E-state index in [1.807, 2.05) is 0 Å². The van der Waals surface area contributed by atoms with Crippen molar-refractivity contribution in [3.05, 3.63) is 530 Å². The molecule has 0 aromatic heterocycles. The molecule has 0 aliphatic heterocycles. The first kappa shape index (κ1) is 72.1. The van der Waals surface area contributed by atoms with E-state index in [0.717, 1.165) is 78.3 Å². The predicted octanol–water partition coefficient (Wildman–Crippen LogP) is 32.6. The first-order valence-electron chi connectivity index (χ1n) is 43.1. The third-order valence-electron chi connectivity index (χ3n) is 26.8. The first-order valence-corrected chi connectivity index (χ1v) is 43.1. The number of nitrogens with zero attached hydrogens (tertiary/aromatic N) is 2. The van der Waals surface area contributed by atoms with Gasteiger partial charge in [0.15, 0.2) is 0 Å². The number of rotatable bonds is 15. The van der Waals surface area contributed by atoms with Gasteiger partial charge in [0.1, 0.15) is 0 Å². The van der Waals surface area contributed by atoms with Gasteiger partial charge in [-0.15, -0.1) is 0 Å². The molecule has 2 nitrogen and oxygen atoms in total. The van der Waals surface area contributed by atoms with Gasteiger partial charge < -0.3 is 9.80 Å². The van der Waals surface area contributed by atoms with Crippen LogP contribution in [0.15, 0.2) is 485 Å². The van der Waals surface area contributed by atoms with E-state index in [9.17, 15) is 0 Å². The molecule has 0 fully saturated rings. The molecule has 22 aromatic rings. The molecule has 0 saturated carbocycles. The lowest BCUT2D eigenvalue weighted by molar-refractivity contribution is 0.768. The number of hydrogen-bond acceptors (Lipinski definition) is 2. The van der Waals surface area contributed by atoms with Crippen LogP contribution in [0.1, 0.15) is 44.5 Å². The Morgan fingerprint density at radius 2 is 0.476 bits per heavy atom. The van der Waals surface area contributed by atoms with Gasteiger partial charge in [-0.2, -0.15) is 0 Å². The van der Waals surface area contributed by atoms with E-state index < -0.39 is 10.8 Å². The first-order chi connectivity index (χ1) is 61.5. The molecular formula is C122H80N2. The molecule has 578 valence electrons. The molecule has 0 N–H and O–H groups in total. The fourth-order valence-corrected chi connectivity index (χ4v) is 21.4. The summed E-state index contributed by atoms with van der Waals surface area (Å²) in [5, 5.41) is 14.3. The number of benzene rings is 22. The molecule has 0 amide bonds. The summed E-state index contributed by atoms with van der Waals surface area (Å²) < 4.78 is 0. The van der Waals surface area contributed by atoms with Crippen LogP contribution in [0, 0.1) is 0 Å². The summed E-state index contributed by atoms with van der Waals surface area (Å²) in [6.45, 7) is 0. The molecule has 124 heavy (non-hydrogen) atoms. The Kier molecular flexibility index (Phi) is 17.1. The van der Waals surface area contributed by atoms with Crippen LogP contribution < -0.4 is 9.80 Å². The molecule has 1 unspecified atom stereocenters. The van der Waals surface area contributed by atoms with E-state index in [1.165, 1.54) is 143 Å². The van der Waals surface area contributed by atoms with Crippen LogP contribution in [-0.4, -0.2) is 0 Å². The zero-order valence-electron chi connectivity index (χ0n) is 68.1. The highest BCUT2D eigenvalue weighted by molar-refractivity contribution is 6.26. The maximum atomic E-state index is 2.56. The van der Waals surface area contributed by atoms with E-state index in [2.05, 4.69) is 495 Å². The third kappa shape index (κ3) is 11.3. The average Bonchev–Trinajstić information content (AvgIpc) is 1.52. The fraction of sp³-hybridized carbons (Fsp3) is 0.0164. The van der Waals surface area contributed by atoms with Gasteiger partial charge in [-0.1, -0.05) is 419 Å². The van der Waals surface area contributed by atoms with E-state index in [1.54, 1.807) is 0 Å². The van der Waals surface area contributed by atoms with Crippen molar-refractivity contribution in [3.8, 4) is 77.9 Å². The van der Waals surface area contributed by atoms with E-state index >= 15 is 0 Å². The Hall–Kier alpha value is -16.0. The van der Waals surface area contributed by atoms with Crippen molar-refractivity contribution in [2.75, 3.05) is 9.80 Å². The molecule has 2 heteroatoms. The summed E-state index contributed by atoms with van der Waals surface area (Å²) in [5.74, 6) is 0. The maximum Gasteiger partial charge on any atom is 0.0713 e. The molecule has 2 aliphatic carbocycles. The predicted molar refractivity (Wildman–Crippen MR) is 523 cm³/mol. The van der Waals surface area contributed by atoms with E-state index in [-0.39, 0.29) is 0 Å². The SMILES string of the molecule is c1ccc(-c2ccc(N(c3ccc(C4(c5ccccc5)c5ccccc5-c5cc(-c6ccc7c(-c8c(N(c9ccc(C%10(c%11ccccc%11)c%11ccccc%11-c%11ccccc%11%10)cc9)c9cccc(-c%10ccccc%10)c9)c9ccccc9c9ccccc89)cccc7c6)ccc54)cc3)c3c(-c4ccc5ccccc5c4)c4ccccc4c4ccccc34)cc2)cc1. The number of hydrogen-bond donors (Lipinski definition) is 0. The molecule has 0 radical (unpaired) electrons. The zero-order chi connectivity index (χ0) is 81.8. The minimum Gasteiger partial charge on any atom is -0.309 e. The van der Waals surface area contributed by atoms with E-state index in [4.69, 9.17) is 0 Å². The monoisotopic (exact) mass is 1570 g/mol. The molecule has 0 bridgehead atoms. The lowest BCUT2D eigenvalue weighted by Gasteiger charge is -2.35. The van der Waals surface area contributed by atoms with Crippen molar-refractivity contribution < 1.29 is 0 Å². The van der Waals surface area contributed by atoms with Crippen molar-refractivity contribution in [2.45, 2.75) is 10.8 Å². The van der Waals surface area contributed by atoms with Crippen molar-refractivity contribution in [3.63, 3.8) is 0 Å². The summed E-state index contributed by atoms with van der Waals surface area (Å²) >= 11 is 0. The minimum atomic E-state index is -0.686. The Balaban J connectivity index is 0.662. The molecule has 1 atom stereocenters. The van der Waals surface area contributed by atoms with E-state index in [0.29, 0.717) is 0 Å². The van der Waals surface area contributed by atoms with Crippen LogP contribution >= 0.6 is 0 Å². The smallest absolute Gasteiger partial charge is 0.0713 e. The van der Waals surface area contributed by atoms with Crippen LogP contribution in [0.3, 0.4) is 0 Å². The summed E-state index contributed by atoms with van der Waals surface area (Å²) in [4.78, 5) is 5.09. The lowest BCUT2D eigenvalue weighted by atomic mass is 9.67. The Morgan fingerprint density at radius 3 is 1.03 bits per heavy atom. The lowest BCUT2D eigenvalue weighted by Crippen LogP contribution is -2.28. The van der Waals surface area contributed by atoms with Gasteiger partial charge in [0, 0.05) is 44.6 Å². The number of fused-ring (bicyclic) bond motifs is 14. The Bertz CT molecular complexity index is 7910. The third-order valence-corrected chi connectivity index (χ3v) is 26.8. The molecule has 24 rings (SSSR count). The summed E-state index contributed by atoms with van der Waals surface area (Å²) in [5.41, 5.74) is 31.8. The normalized spacial score (nSPS) is 13.6. The zero-order valence-corrected chi connectivity index (χ0v) is 68.1. The van der Waals surface area contributed by atoms with Gasteiger partial charge in [-0.05, 0) is 232 Å². The van der Waals surface area contributed by atoms with Crippen LogP contribution in [0.2, 0.25) is 0 Å². The van der Waals surface area contributed by atoms with Crippen LogP contribution in [0.4, 0.5) is 34.1 Å². The molecule has 0 heterocycles. The summed E-state index contributed by atoms with van der Waals surface area (Å²) in [7, 11) is 0. The fourth-order valence-electron chi connectivity index (χ4n) is 21.4. The summed E-state index contributed by atoms with van der Waals surface area (Å²) in [6, 6.07) is 182. The molecule has 0 spiro atoms. The van der Waals surface area contributed by atoms with Gasteiger partial charge in [-0.25, -0.2) is 0 Å². The highest BCUT2D eigenvalue weighted by Gasteiger charge is 2.48. The van der Waals surface area contributed by atoms with Crippen molar-refractivity contribution in [1.29, 1.82) is 0 Å². The highest BCUT2D eigenvalue weighted by atomic mass is 15.2. The average molecular weight is 1570 g/mol.